The zero-order chi connectivity index (χ0) is 27.9. The molecule has 0 spiro atoms. The molecule has 2 unspecified atom stereocenters. The summed E-state index contributed by atoms with van der Waals surface area (Å²) in [6, 6.07) is 23.3. The molecule has 6 heteroatoms. The molecule has 3 aromatic rings. The van der Waals surface area contributed by atoms with Gasteiger partial charge in [-0.2, -0.15) is 0 Å². The first kappa shape index (κ1) is 26.8. The van der Waals surface area contributed by atoms with Crippen LogP contribution in [-0.2, 0) is 17.6 Å². The number of carboxylic acid groups (broad SMARTS) is 1. The largest absolute Gasteiger partial charge is 0.465 e. The van der Waals surface area contributed by atoms with Gasteiger partial charge in [0.15, 0.2) is 0 Å². The van der Waals surface area contributed by atoms with Crippen molar-refractivity contribution in [3.63, 3.8) is 0 Å². The number of hydrogen-bond donors (Lipinski definition) is 3. The monoisotopic (exact) mass is 540 g/mol. The zero-order valence-electron chi connectivity index (χ0n) is 23.2. The van der Waals surface area contributed by atoms with E-state index in [1.54, 1.807) is 11.8 Å². The second kappa shape index (κ2) is 10.9. The number of nitrogens with zero attached hydrogens (tertiary/aromatic N) is 1. The van der Waals surface area contributed by atoms with E-state index in [2.05, 4.69) is 17.4 Å². The van der Waals surface area contributed by atoms with Gasteiger partial charge in [-0.25, -0.2) is 4.79 Å². The van der Waals surface area contributed by atoms with Crippen molar-refractivity contribution in [2.24, 2.45) is 23.7 Å². The number of carbonyl (C=O) groups is 2. The molecule has 0 radical (unpaired) electrons. The number of amides is 2. The van der Waals surface area contributed by atoms with Crippen LogP contribution >= 0.6 is 0 Å². The summed E-state index contributed by atoms with van der Waals surface area (Å²) in [7, 11) is 0. The summed E-state index contributed by atoms with van der Waals surface area (Å²) in [6.45, 7) is 1.57. The standard InChI is InChI=1S/C34H40N2O4/c1-34(20-23-11-12-26-9-5-6-10-27(26)14-23,32(38)35-30(21-37)19-22-7-3-2-4-8-22)36(33(39)40)31-28-15-24-13-25(17-28)18-29(31)16-24/h2-12,14,24-25,28-31,37H,13,15-21H2,1H3,(H,35,38)(H,39,40). The first-order valence-corrected chi connectivity index (χ1v) is 14.8. The number of aliphatic hydroxyl groups excluding tert-OH is 1. The van der Waals surface area contributed by atoms with E-state index in [-0.39, 0.29) is 25.0 Å². The van der Waals surface area contributed by atoms with Gasteiger partial charge in [-0.15, -0.1) is 0 Å². The van der Waals surface area contributed by atoms with E-state index in [0.29, 0.717) is 30.1 Å². The molecule has 4 fully saturated rings. The smallest absolute Gasteiger partial charge is 0.408 e. The van der Waals surface area contributed by atoms with Crippen LogP contribution in [0.2, 0.25) is 0 Å². The summed E-state index contributed by atoms with van der Waals surface area (Å²) in [5, 5.41) is 26.3. The maximum absolute atomic E-state index is 14.3. The van der Waals surface area contributed by atoms with E-state index >= 15 is 0 Å². The fourth-order valence-corrected chi connectivity index (χ4v) is 8.41. The molecule has 40 heavy (non-hydrogen) atoms. The third-order valence-electron chi connectivity index (χ3n) is 9.94. The van der Waals surface area contributed by atoms with Crippen molar-refractivity contribution in [1.29, 1.82) is 0 Å². The van der Waals surface area contributed by atoms with Gasteiger partial charge in [-0.1, -0.05) is 72.8 Å². The molecule has 4 bridgehead atoms. The van der Waals surface area contributed by atoms with Crippen LogP contribution in [-0.4, -0.2) is 51.3 Å². The van der Waals surface area contributed by atoms with Crippen molar-refractivity contribution in [3.8, 4) is 0 Å². The predicted octanol–water partition coefficient (Wildman–Crippen LogP) is 5.67. The first-order chi connectivity index (χ1) is 19.3. The molecule has 2 amide bonds. The fourth-order valence-electron chi connectivity index (χ4n) is 8.41. The van der Waals surface area contributed by atoms with Gasteiger partial charge in [-0.05, 0) is 91.0 Å². The van der Waals surface area contributed by atoms with Gasteiger partial charge >= 0.3 is 6.09 Å². The molecular weight excluding hydrogens is 500 g/mol. The zero-order valence-corrected chi connectivity index (χ0v) is 23.2. The van der Waals surface area contributed by atoms with Crippen LogP contribution in [0.1, 0.15) is 50.2 Å². The average Bonchev–Trinajstić information content (AvgIpc) is 2.94. The van der Waals surface area contributed by atoms with E-state index in [9.17, 15) is 19.8 Å². The second-order valence-corrected chi connectivity index (χ2v) is 12.7. The molecular formula is C34H40N2O4. The molecule has 0 aliphatic heterocycles. The van der Waals surface area contributed by atoms with Crippen LogP contribution in [0.15, 0.2) is 72.8 Å². The van der Waals surface area contributed by atoms with Gasteiger partial charge in [0.05, 0.1) is 12.6 Å². The highest BCUT2D eigenvalue weighted by Gasteiger charge is 2.56. The molecule has 7 rings (SSSR count). The summed E-state index contributed by atoms with van der Waals surface area (Å²) in [6.07, 6.45) is 5.22. The lowest BCUT2D eigenvalue weighted by atomic mass is 9.53. The number of aliphatic hydroxyl groups is 1. The number of benzene rings is 3. The van der Waals surface area contributed by atoms with Crippen molar-refractivity contribution in [2.75, 3.05) is 6.61 Å². The van der Waals surface area contributed by atoms with E-state index < -0.39 is 17.7 Å². The van der Waals surface area contributed by atoms with Gasteiger partial charge in [0.1, 0.15) is 5.54 Å². The van der Waals surface area contributed by atoms with Crippen molar-refractivity contribution < 1.29 is 19.8 Å². The van der Waals surface area contributed by atoms with Gasteiger partial charge in [0.25, 0.3) is 0 Å². The molecule has 0 saturated heterocycles. The molecule has 3 aromatic carbocycles. The summed E-state index contributed by atoms with van der Waals surface area (Å²) < 4.78 is 0. The lowest BCUT2D eigenvalue weighted by Crippen LogP contribution is -2.69. The SMILES string of the molecule is CC(Cc1ccc2ccccc2c1)(C(=O)NC(CO)Cc1ccccc1)N(C(=O)O)C1C2CC3CC(C2)CC1C3. The summed E-state index contributed by atoms with van der Waals surface area (Å²) in [5.74, 6) is 1.65. The Morgan fingerprint density at radius 1 is 0.875 bits per heavy atom. The number of carbonyl (C=O) groups excluding carboxylic acids is 1. The Kier molecular flexibility index (Phi) is 7.30. The van der Waals surface area contributed by atoms with Gasteiger partial charge < -0.3 is 15.5 Å². The first-order valence-electron chi connectivity index (χ1n) is 14.8. The van der Waals surface area contributed by atoms with E-state index in [0.717, 1.165) is 47.6 Å². The van der Waals surface area contributed by atoms with Crippen LogP contribution in [0.3, 0.4) is 0 Å². The third-order valence-corrected chi connectivity index (χ3v) is 9.94. The quantitative estimate of drug-likeness (QED) is 0.326. The van der Waals surface area contributed by atoms with E-state index in [1.807, 2.05) is 60.7 Å². The third kappa shape index (κ3) is 5.10. The van der Waals surface area contributed by atoms with Crippen molar-refractivity contribution in [3.05, 3.63) is 83.9 Å². The Bertz CT molecular complexity index is 1350. The van der Waals surface area contributed by atoms with Crippen LogP contribution in [0.5, 0.6) is 0 Å². The molecule has 0 aromatic heterocycles. The summed E-state index contributed by atoms with van der Waals surface area (Å²) in [4.78, 5) is 29.1. The molecule has 6 nitrogen and oxygen atoms in total. The highest BCUT2D eigenvalue weighted by Crippen LogP contribution is 2.56. The van der Waals surface area contributed by atoms with E-state index in [1.165, 1.54) is 6.42 Å². The normalized spacial score (nSPS) is 27.2. The van der Waals surface area contributed by atoms with Crippen LogP contribution in [0.25, 0.3) is 10.8 Å². The fraction of sp³-hybridized carbons (Fsp3) is 0.471. The van der Waals surface area contributed by atoms with Crippen molar-refractivity contribution >= 4 is 22.8 Å². The maximum Gasteiger partial charge on any atom is 0.408 e. The van der Waals surface area contributed by atoms with Crippen LogP contribution in [0, 0.1) is 23.7 Å². The lowest BCUT2D eigenvalue weighted by molar-refractivity contribution is -0.141. The van der Waals surface area contributed by atoms with E-state index in [4.69, 9.17) is 0 Å². The molecule has 2 atom stereocenters. The summed E-state index contributed by atoms with van der Waals surface area (Å²) in [5.41, 5.74) is 0.600. The number of fused-ring (bicyclic) bond motifs is 1. The maximum atomic E-state index is 14.3. The Hall–Kier alpha value is -3.38. The minimum Gasteiger partial charge on any atom is -0.465 e. The minimum atomic E-state index is -1.33. The number of rotatable bonds is 9. The van der Waals surface area contributed by atoms with Gasteiger partial charge in [0.2, 0.25) is 5.91 Å². The minimum absolute atomic E-state index is 0.164. The highest BCUT2D eigenvalue weighted by molar-refractivity contribution is 5.90. The lowest BCUT2D eigenvalue weighted by Gasteiger charge is -2.59. The van der Waals surface area contributed by atoms with Gasteiger partial charge in [-0.3, -0.25) is 9.69 Å². The second-order valence-electron chi connectivity index (χ2n) is 12.7. The molecule has 210 valence electrons. The van der Waals surface area contributed by atoms with Crippen LogP contribution < -0.4 is 5.32 Å². The Morgan fingerprint density at radius 2 is 1.50 bits per heavy atom. The molecule has 4 aliphatic rings. The van der Waals surface area contributed by atoms with Crippen molar-refractivity contribution in [1.82, 2.24) is 10.2 Å². The number of nitrogens with one attached hydrogen (secondary N) is 1. The molecule has 0 heterocycles. The Balaban J connectivity index is 1.35. The average molecular weight is 541 g/mol. The van der Waals surface area contributed by atoms with Gasteiger partial charge in [0, 0.05) is 12.5 Å². The highest BCUT2D eigenvalue weighted by atomic mass is 16.4. The number of hydrogen-bond acceptors (Lipinski definition) is 3. The Morgan fingerprint density at radius 3 is 2.12 bits per heavy atom. The summed E-state index contributed by atoms with van der Waals surface area (Å²) >= 11 is 0. The Labute approximate surface area is 236 Å². The van der Waals surface area contributed by atoms with Crippen LogP contribution in [0.4, 0.5) is 4.79 Å². The molecule has 4 saturated carbocycles. The van der Waals surface area contributed by atoms with Crippen molar-refractivity contribution in [2.45, 2.75) is 69.5 Å². The molecule has 3 N–H and O–H groups in total. The predicted molar refractivity (Wildman–Crippen MR) is 156 cm³/mol. The topological polar surface area (TPSA) is 89.9 Å². The molecule has 4 aliphatic carbocycles.